The molecule has 17 heavy (non-hydrogen) atoms. The molecule has 2 aromatic rings. The standard InChI is InChI=1S/C12H14ClFN2O/c13-9-6-8(14)7-10-12(9)17-11(16-10)4-2-1-3-5-15/h6-7H,1-5,15H2. The Labute approximate surface area is 104 Å². The summed E-state index contributed by atoms with van der Waals surface area (Å²) in [7, 11) is 0. The highest BCUT2D eigenvalue weighted by Gasteiger charge is 2.10. The van der Waals surface area contributed by atoms with E-state index in [0.29, 0.717) is 23.5 Å². The van der Waals surface area contributed by atoms with Crippen molar-refractivity contribution in [1.29, 1.82) is 0 Å². The highest BCUT2D eigenvalue weighted by atomic mass is 35.5. The monoisotopic (exact) mass is 256 g/mol. The third-order valence-corrected chi connectivity index (χ3v) is 2.83. The summed E-state index contributed by atoms with van der Waals surface area (Å²) in [5.41, 5.74) is 6.34. The number of aromatic nitrogens is 1. The van der Waals surface area contributed by atoms with Crippen LogP contribution < -0.4 is 5.73 Å². The number of nitrogens with zero attached hydrogens (tertiary/aromatic N) is 1. The van der Waals surface area contributed by atoms with Crippen LogP contribution in [-0.2, 0) is 6.42 Å². The average Bonchev–Trinajstić information content (AvgIpc) is 2.67. The van der Waals surface area contributed by atoms with E-state index >= 15 is 0 Å². The second-order valence-corrected chi connectivity index (χ2v) is 4.35. The fourth-order valence-electron chi connectivity index (χ4n) is 1.71. The molecule has 1 aromatic heterocycles. The zero-order valence-electron chi connectivity index (χ0n) is 9.38. The number of oxazole rings is 1. The van der Waals surface area contributed by atoms with Gasteiger partial charge in [0.2, 0.25) is 0 Å². The average molecular weight is 257 g/mol. The lowest BCUT2D eigenvalue weighted by atomic mass is 10.2. The third-order valence-electron chi connectivity index (χ3n) is 2.55. The van der Waals surface area contributed by atoms with Crippen LogP contribution in [0.3, 0.4) is 0 Å². The predicted molar refractivity (Wildman–Crippen MR) is 65.6 cm³/mol. The molecule has 0 atom stereocenters. The maximum Gasteiger partial charge on any atom is 0.195 e. The second-order valence-electron chi connectivity index (χ2n) is 3.94. The fraction of sp³-hybridized carbons (Fsp3) is 0.417. The lowest BCUT2D eigenvalue weighted by molar-refractivity contribution is 0.511. The van der Waals surface area contributed by atoms with Gasteiger partial charge < -0.3 is 10.2 Å². The molecule has 0 aliphatic heterocycles. The summed E-state index contributed by atoms with van der Waals surface area (Å²) in [6, 6.07) is 2.56. The van der Waals surface area contributed by atoms with Crippen molar-refractivity contribution in [3.63, 3.8) is 0 Å². The molecule has 0 unspecified atom stereocenters. The molecule has 0 radical (unpaired) electrons. The Morgan fingerprint density at radius 2 is 2.12 bits per heavy atom. The van der Waals surface area contributed by atoms with Gasteiger partial charge in [0.1, 0.15) is 11.3 Å². The maximum atomic E-state index is 13.1. The summed E-state index contributed by atoms with van der Waals surface area (Å²) in [4.78, 5) is 4.21. The maximum absolute atomic E-state index is 13.1. The van der Waals surface area contributed by atoms with Gasteiger partial charge in [0.05, 0.1) is 5.02 Å². The lowest BCUT2D eigenvalue weighted by Gasteiger charge is -1.95. The smallest absolute Gasteiger partial charge is 0.195 e. The molecule has 0 saturated carbocycles. The molecular formula is C12H14ClFN2O. The number of hydrogen-bond donors (Lipinski definition) is 1. The van der Waals surface area contributed by atoms with Crippen molar-refractivity contribution in [2.75, 3.05) is 6.54 Å². The molecule has 0 aliphatic rings. The molecule has 2 rings (SSSR count). The van der Waals surface area contributed by atoms with Crippen molar-refractivity contribution in [3.8, 4) is 0 Å². The van der Waals surface area contributed by atoms with Gasteiger partial charge in [-0.1, -0.05) is 18.0 Å². The Bertz CT molecular complexity index is 512. The van der Waals surface area contributed by atoms with E-state index in [1.165, 1.54) is 12.1 Å². The van der Waals surface area contributed by atoms with Crippen LogP contribution in [0.5, 0.6) is 0 Å². The van der Waals surface area contributed by atoms with Crippen LogP contribution in [-0.4, -0.2) is 11.5 Å². The van der Waals surface area contributed by atoms with Crippen LogP contribution in [0.25, 0.3) is 11.1 Å². The lowest BCUT2D eigenvalue weighted by Crippen LogP contribution is -1.98. The molecule has 5 heteroatoms. The zero-order valence-corrected chi connectivity index (χ0v) is 10.1. The van der Waals surface area contributed by atoms with Gasteiger partial charge in [-0.15, -0.1) is 0 Å². The summed E-state index contributed by atoms with van der Waals surface area (Å²) in [5, 5.41) is 0.265. The molecule has 0 fully saturated rings. The summed E-state index contributed by atoms with van der Waals surface area (Å²) in [6.45, 7) is 0.699. The molecule has 0 aliphatic carbocycles. The van der Waals surface area contributed by atoms with E-state index in [1.54, 1.807) is 0 Å². The van der Waals surface area contributed by atoms with E-state index < -0.39 is 5.82 Å². The van der Waals surface area contributed by atoms with Crippen LogP contribution in [0.4, 0.5) is 4.39 Å². The molecule has 1 aromatic carbocycles. The second kappa shape index (κ2) is 5.47. The Kier molecular flexibility index (Phi) is 3.97. The van der Waals surface area contributed by atoms with Crippen LogP contribution in [0, 0.1) is 5.82 Å². The van der Waals surface area contributed by atoms with Crippen LogP contribution >= 0.6 is 11.6 Å². The number of fused-ring (bicyclic) bond motifs is 1. The van der Waals surface area contributed by atoms with Gasteiger partial charge in [0.25, 0.3) is 0 Å². The van der Waals surface area contributed by atoms with Gasteiger partial charge in [-0.2, -0.15) is 0 Å². The van der Waals surface area contributed by atoms with Gasteiger partial charge in [0, 0.05) is 12.5 Å². The van der Waals surface area contributed by atoms with E-state index in [1.807, 2.05) is 0 Å². The number of rotatable bonds is 5. The molecule has 0 spiro atoms. The van der Waals surface area contributed by atoms with Crippen molar-refractivity contribution in [2.24, 2.45) is 5.73 Å². The first kappa shape index (κ1) is 12.3. The molecule has 92 valence electrons. The van der Waals surface area contributed by atoms with Gasteiger partial charge in [-0.05, 0) is 25.5 Å². The minimum atomic E-state index is -0.398. The number of halogens is 2. The van der Waals surface area contributed by atoms with E-state index in [2.05, 4.69) is 4.98 Å². The number of nitrogens with two attached hydrogens (primary N) is 1. The number of unbranched alkanes of at least 4 members (excludes halogenated alkanes) is 2. The van der Waals surface area contributed by atoms with Gasteiger partial charge >= 0.3 is 0 Å². The van der Waals surface area contributed by atoms with Crippen LogP contribution in [0.2, 0.25) is 5.02 Å². The minimum Gasteiger partial charge on any atom is -0.439 e. The minimum absolute atomic E-state index is 0.265. The highest BCUT2D eigenvalue weighted by molar-refractivity contribution is 6.34. The van der Waals surface area contributed by atoms with Gasteiger partial charge in [0.15, 0.2) is 11.5 Å². The fourth-order valence-corrected chi connectivity index (χ4v) is 1.95. The normalized spacial score (nSPS) is 11.2. The molecular weight excluding hydrogens is 243 g/mol. The molecule has 2 N–H and O–H groups in total. The molecule has 0 amide bonds. The number of aryl methyl sites for hydroxylation is 1. The molecule has 0 saturated heterocycles. The van der Waals surface area contributed by atoms with Crippen molar-refractivity contribution >= 4 is 22.7 Å². The number of hydrogen-bond acceptors (Lipinski definition) is 3. The first-order valence-electron chi connectivity index (χ1n) is 5.65. The molecule has 1 heterocycles. The Morgan fingerprint density at radius 3 is 2.88 bits per heavy atom. The SMILES string of the molecule is NCCCCCc1nc2cc(F)cc(Cl)c2o1. The highest BCUT2D eigenvalue weighted by Crippen LogP contribution is 2.26. The van der Waals surface area contributed by atoms with E-state index in [9.17, 15) is 4.39 Å². The van der Waals surface area contributed by atoms with Crippen LogP contribution in [0.1, 0.15) is 25.2 Å². The van der Waals surface area contributed by atoms with Gasteiger partial charge in [-0.25, -0.2) is 9.37 Å². The predicted octanol–water partition coefficient (Wildman–Crippen LogP) is 3.29. The van der Waals surface area contributed by atoms with Crippen molar-refractivity contribution < 1.29 is 8.81 Å². The summed E-state index contributed by atoms with van der Waals surface area (Å²) in [5.74, 6) is 0.204. The zero-order chi connectivity index (χ0) is 12.3. The number of benzene rings is 1. The Hall–Kier alpha value is -1.13. The quantitative estimate of drug-likeness (QED) is 0.835. The largest absolute Gasteiger partial charge is 0.439 e. The molecule has 0 bridgehead atoms. The van der Waals surface area contributed by atoms with Crippen molar-refractivity contribution in [2.45, 2.75) is 25.7 Å². The van der Waals surface area contributed by atoms with Crippen LogP contribution in [0.15, 0.2) is 16.5 Å². The van der Waals surface area contributed by atoms with E-state index in [-0.39, 0.29) is 5.02 Å². The Balaban J connectivity index is 2.12. The third kappa shape index (κ3) is 2.96. The van der Waals surface area contributed by atoms with Gasteiger partial charge in [-0.3, -0.25) is 0 Å². The van der Waals surface area contributed by atoms with E-state index in [4.69, 9.17) is 21.8 Å². The Morgan fingerprint density at radius 1 is 1.29 bits per heavy atom. The summed E-state index contributed by atoms with van der Waals surface area (Å²) < 4.78 is 18.6. The summed E-state index contributed by atoms with van der Waals surface area (Å²) in [6.07, 6.45) is 3.73. The first-order chi connectivity index (χ1) is 8.20. The van der Waals surface area contributed by atoms with E-state index in [0.717, 1.165) is 25.7 Å². The first-order valence-corrected chi connectivity index (χ1v) is 6.03. The van der Waals surface area contributed by atoms with Crippen molar-refractivity contribution in [1.82, 2.24) is 4.98 Å². The summed E-state index contributed by atoms with van der Waals surface area (Å²) >= 11 is 5.87. The molecule has 3 nitrogen and oxygen atoms in total. The van der Waals surface area contributed by atoms with Crippen molar-refractivity contribution in [3.05, 3.63) is 28.9 Å². The topological polar surface area (TPSA) is 52.0 Å².